The van der Waals surface area contributed by atoms with Crippen LogP contribution in [0.4, 0.5) is 4.32 Å². The Hall–Kier alpha value is -3.37. The van der Waals surface area contributed by atoms with Crippen LogP contribution < -0.4 is 5.32 Å². The van der Waals surface area contributed by atoms with Gasteiger partial charge in [-0.1, -0.05) is 31.9 Å². The number of fused-ring (bicyclic) bond motifs is 2. The summed E-state index contributed by atoms with van der Waals surface area (Å²) < 4.78 is 19.9. The fourth-order valence-corrected chi connectivity index (χ4v) is 5.53. The molecule has 0 radical (unpaired) electrons. The molecular weight excluding hydrogens is 440 g/mol. The Balaban J connectivity index is 0.00000167. The number of halogens is 1. The number of rotatable bonds is 5. The van der Waals surface area contributed by atoms with Crippen molar-refractivity contribution in [2.75, 3.05) is 13.7 Å². The smallest absolute Gasteiger partial charge is 0.400 e. The van der Waals surface area contributed by atoms with Gasteiger partial charge in [-0.3, -0.25) is 9.27 Å². The number of nitrogens with zero attached hydrogens (tertiary/aromatic N) is 2. The molecule has 0 saturated heterocycles. The number of amides is 1. The van der Waals surface area contributed by atoms with E-state index in [9.17, 15) is 4.79 Å². The molecule has 2 aliphatic heterocycles. The third kappa shape index (κ3) is 4.06. The molecule has 2 aliphatic rings. The van der Waals surface area contributed by atoms with Crippen LogP contribution in [0.5, 0.6) is 0 Å². The second-order valence-corrected chi connectivity index (χ2v) is 8.67. The third-order valence-electron chi connectivity index (χ3n) is 7.09. The fraction of sp³-hybridized carbons (Fsp3) is 0.357. The first-order chi connectivity index (χ1) is 16.8. The second-order valence-electron chi connectivity index (χ2n) is 8.67. The molecule has 182 valence electrons. The lowest BCUT2D eigenvalue weighted by molar-refractivity contribution is -0.337. The lowest BCUT2D eigenvalue weighted by Crippen LogP contribution is -2.41. The minimum Gasteiger partial charge on any atom is -0.400 e. The van der Waals surface area contributed by atoms with E-state index in [0.29, 0.717) is 5.56 Å². The molecule has 1 aromatic heterocycles. The molecule has 0 aliphatic carbocycles. The maximum Gasteiger partial charge on any atom is 0.846 e. The Morgan fingerprint density at radius 1 is 1.14 bits per heavy atom. The normalized spacial score (nSPS) is 14.5. The van der Waals surface area contributed by atoms with Crippen molar-refractivity contribution in [3.63, 3.8) is 0 Å². The lowest BCUT2D eigenvalue weighted by atomic mass is 9.86. The van der Waals surface area contributed by atoms with Crippen molar-refractivity contribution in [3.8, 4) is 12.3 Å². The van der Waals surface area contributed by atoms with E-state index in [1.807, 2.05) is 47.1 Å². The summed E-state index contributed by atoms with van der Waals surface area (Å²) in [5, 5.41) is 9.70. The number of terminal acetylenes is 1. The van der Waals surface area contributed by atoms with E-state index in [4.69, 9.17) is 11.5 Å². The number of allylic oxidation sites excluding steroid dienone is 2. The van der Waals surface area contributed by atoms with Crippen molar-refractivity contribution in [1.29, 1.82) is 0 Å². The van der Waals surface area contributed by atoms with Crippen molar-refractivity contribution < 1.29 is 18.7 Å². The Morgan fingerprint density at radius 3 is 2.31 bits per heavy atom. The first kappa shape index (κ1) is 26.2. The molecule has 0 saturated carbocycles. The number of carbonyl (C=O) groups is 1. The zero-order chi connectivity index (χ0) is 26.0. The summed E-state index contributed by atoms with van der Waals surface area (Å²) in [7, 11) is -0.287. The molecule has 35 heavy (non-hydrogen) atoms. The van der Waals surface area contributed by atoms with E-state index in [0.717, 1.165) is 65.0 Å². The molecule has 7 heteroatoms. The number of aliphatic hydroxyl groups is 1. The van der Waals surface area contributed by atoms with Crippen molar-refractivity contribution in [2.45, 2.75) is 54.4 Å². The van der Waals surface area contributed by atoms with Gasteiger partial charge < -0.3 is 10.4 Å². The maximum absolute atomic E-state index is 16.2. The van der Waals surface area contributed by atoms with Gasteiger partial charge in [0.15, 0.2) is 11.4 Å². The third-order valence-corrected chi connectivity index (χ3v) is 7.09. The standard InChI is InChI=1S/C27H29BFN3O.CH4O/c1-8-15-30-27(33)21-13-11-20(12-14-21)24-25-16(4)22(9-2)18(6)31(25)28(29)32-19(7)23(10-3)17(5)26(24)32;1-2/h1,11-14H,9-10,15H2,2-7H3;2H,1H3/p+1. The zero-order valence-corrected chi connectivity index (χ0v) is 21.7. The fourth-order valence-electron chi connectivity index (χ4n) is 5.53. The van der Waals surface area contributed by atoms with Crippen LogP contribution in [0, 0.1) is 26.2 Å². The first-order valence-corrected chi connectivity index (χ1v) is 12.0. The molecule has 2 aromatic rings. The number of nitrogens with one attached hydrogen (secondary N) is 1. The summed E-state index contributed by atoms with van der Waals surface area (Å²) >= 11 is 0. The highest BCUT2D eigenvalue weighted by Crippen LogP contribution is 2.44. The molecule has 0 unspecified atom stereocenters. The summed E-state index contributed by atoms with van der Waals surface area (Å²) in [6, 6.07) is 7.52. The van der Waals surface area contributed by atoms with Gasteiger partial charge in [-0.05, 0) is 62.4 Å². The van der Waals surface area contributed by atoms with Crippen molar-refractivity contribution in [2.24, 2.45) is 0 Å². The number of hydrogen-bond donors (Lipinski definition) is 2. The molecule has 0 spiro atoms. The summed E-state index contributed by atoms with van der Waals surface area (Å²) in [5.74, 6) is 2.21. The first-order valence-electron chi connectivity index (χ1n) is 12.0. The Labute approximate surface area is 208 Å². The predicted molar refractivity (Wildman–Crippen MR) is 141 cm³/mol. The van der Waals surface area contributed by atoms with Crippen molar-refractivity contribution >= 4 is 24.5 Å². The molecule has 0 fully saturated rings. The minimum absolute atomic E-state index is 0.188. The number of aromatic nitrogens is 1. The van der Waals surface area contributed by atoms with E-state index in [2.05, 4.69) is 38.9 Å². The average Bonchev–Trinajstić information content (AvgIpc) is 3.28. The van der Waals surface area contributed by atoms with Crippen LogP contribution in [0.3, 0.4) is 0 Å². The summed E-state index contributed by atoms with van der Waals surface area (Å²) in [6.45, 7) is 12.6. The molecule has 2 N–H and O–H groups in total. The van der Waals surface area contributed by atoms with Crippen LogP contribution in [-0.4, -0.2) is 46.6 Å². The van der Waals surface area contributed by atoms with E-state index >= 15 is 4.32 Å². The SMILES string of the molecule is C#CCNC(=O)c1ccc(C2=C3C(C)=C(CC)C(C)=[N+]3B(F)n3c(C)c(CC)c(C)c32)cc1.CO. The van der Waals surface area contributed by atoms with E-state index in [1.54, 1.807) is 0 Å². The van der Waals surface area contributed by atoms with Crippen molar-refractivity contribution in [1.82, 2.24) is 9.79 Å². The highest BCUT2D eigenvalue weighted by atomic mass is 19.1. The number of carbonyl (C=O) groups excluding carboxylic acids is 1. The molecule has 1 aromatic carbocycles. The summed E-state index contributed by atoms with van der Waals surface area (Å²) in [6.07, 6.45) is 6.95. The molecule has 5 nitrogen and oxygen atoms in total. The number of hydrogen-bond acceptors (Lipinski definition) is 2. The van der Waals surface area contributed by atoms with Crippen LogP contribution in [0.25, 0.3) is 5.57 Å². The van der Waals surface area contributed by atoms with Gasteiger partial charge in [-0.2, -0.15) is 0 Å². The van der Waals surface area contributed by atoms with E-state index in [-0.39, 0.29) is 12.5 Å². The van der Waals surface area contributed by atoms with Crippen LogP contribution >= 0.6 is 0 Å². The van der Waals surface area contributed by atoms with Gasteiger partial charge in [0.2, 0.25) is 0 Å². The predicted octanol–water partition coefficient (Wildman–Crippen LogP) is 4.43. The van der Waals surface area contributed by atoms with Crippen molar-refractivity contribution in [3.05, 3.63) is 74.8 Å². The average molecular weight is 474 g/mol. The van der Waals surface area contributed by atoms with Crippen LogP contribution in [0.1, 0.15) is 72.6 Å². The highest BCUT2D eigenvalue weighted by Gasteiger charge is 2.53. The Kier molecular flexibility index (Phi) is 7.87. The molecule has 4 rings (SSSR count). The second kappa shape index (κ2) is 10.5. The van der Waals surface area contributed by atoms with Crippen LogP contribution in [-0.2, 0) is 6.42 Å². The van der Waals surface area contributed by atoms with E-state index in [1.165, 1.54) is 11.1 Å². The Bertz CT molecular complexity index is 1310. The van der Waals surface area contributed by atoms with Crippen LogP contribution in [0.15, 0.2) is 41.1 Å². The van der Waals surface area contributed by atoms with Crippen LogP contribution in [0.2, 0.25) is 0 Å². The highest BCUT2D eigenvalue weighted by molar-refractivity contribution is 6.44. The minimum atomic E-state index is -1.29. The van der Waals surface area contributed by atoms with Gasteiger partial charge >= 0.3 is 7.26 Å². The van der Waals surface area contributed by atoms with Gasteiger partial charge in [0.25, 0.3) is 5.91 Å². The topological polar surface area (TPSA) is 57.3 Å². The lowest BCUT2D eigenvalue weighted by Gasteiger charge is -2.22. The van der Waals surface area contributed by atoms with Gasteiger partial charge in [0, 0.05) is 36.4 Å². The quantitative estimate of drug-likeness (QED) is 0.498. The Morgan fingerprint density at radius 2 is 1.77 bits per heavy atom. The maximum atomic E-state index is 16.2. The zero-order valence-electron chi connectivity index (χ0n) is 21.7. The largest absolute Gasteiger partial charge is 0.846 e. The molecule has 0 atom stereocenters. The molecular formula is C28H34BFN3O2+. The van der Waals surface area contributed by atoms with Gasteiger partial charge in [0.05, 0.1) is 17.8 Å². The van der Waals surface area contributed by atoms with Gasteiger partial charge in [-0.25, -0.2) is 8.80 Å². The number of aliphatic hydroxyl groups excluding tert-OH is 1. The number of benzene rings is 1. The molecule has 1 amide bonds. The summed E-state index contributed by atoms with van der Waals surface area (Å²) in [4.78, 5) is 12.3. The monoisotopic (exact) mass is 474 g/mol. The molecule has 0 bridgehead atoms. The summed E-state index contributed by atoms with van der Waals surface area (Å²) in [5.41, 5.74) is 10.9. The molecule has 3 heterocycles. The van der Waals surface area contributed by atoms with Gasteiger partial charge in [0.1, 0.15) is 0 Å². The van der Waals surface area contributed by atoms with E-state index < -0.39 is 7.26 Å². The van der Waals surface area contributed by atoms with Gasteiger partial charge in [-0.15, -0.1) is 6.42 Å².